The summed E-state index contributed by atoms with van der Waals surface area (Å²) in [7, 11) is 0. The molecule has 1 aromatic carbocycles. The Hall–Kier alpha value is -0.860. The molecule has 0 aromatic heterocycles. The van der Waals surface area contributed by atoms with Crippen LogP contribution < -0.4 is 5.32 Å². The Morgan fingerprint density at radius 1 is 1.14 bits per heavy atom. The molecule has 1 aliphatic heterocycles. The van der Waals surface area contributed by atoms with Gasteiger partial charge in [-0.05, 0) is 42.2 Å². The van der Waals surface area contributed by atoms with Gasteiger partial charge in [0.1, 0.15) is 0 Å². The molecule has 21 heavy (non-hydrogen) atoms. The zero-order valence-corrected chi connectivity index (χ0v) is 14.0. The van der Waals surface area contributed by atoms with E-state index in [-0.39, 0.29) is 5.41 Å². The first-order valence-electron chi connectivity index (χ1n) is 8.50. The van der Waals surface area contributed by atoms with Crippen molar-refractivity contribution in [1.29, 1.82) is 0 Å². The van der Waals surface area contributed by atoms with Gasteiger partial charge in [0, 0.05) is 31.7 Å². The van der Waals surface area contributed by atoms with Gasteiger partial charge in [0.15, 0.2) is 0 Å². The van der Waals surface area contributed by atoms with Crippen LogP contribution in [0.5, 0.6) is 0 Å². The van der Waals surface area contributed by atoms with E-state index in [0.29, 0.717) is 6.04 Å². The molecule has 1 saturated heterocycles. The van der Waals surface area contributed by atoms with E-state index in [1.165, 1.54) is 37.1 Å². The lowest BCUT2D eigenvalue weighted by Crippen LogP contribution is -2.55. The third-order valence-corrected chi connectivity index (χ3v) is 5.02. The van der Waals surface area contributed by atoms with E-state index in [2.05, 4.69) is 62.2 Å². The zero-order valence-electron chi connectivity index (χ0n) is 14.0. The molecule has 0 amide bonds. The van der Waals surface area contributed by atoms with E-state index < -0.39 is 0 Å². The minimum Gasteiger partial charge on any atom is -0.311 e. The van der Waals surface area contributed by atoms with Crippen molar-refractivity contribution in [3.8, 4) is 0 Å². The fourth-order valence-electron chi connectivity index (χ4n) is 3.48. The van der Waals surface area contributed by atoms with Crippen molar-refractivity contribution in [2.75, 3.05) is 13.1 Å². The van der Waals surface area contributed by atoms with Gasteiger partial charge in [0.2, 0.25) is 0 Å². The monoisotopic (exact) mass is 286 g/mol. The van der Waals surface area contributed by atoms with Gasteiger partial charge in [-0.15, -0.1) is 0 Å². The molecule has 2 aliphatic rings. The molecule has 1 heterocycles. The van der Waals surface area contributed by atoms with E-state index in [1.54, 1.807) is 0 Å². The normalized spacial score (nSPS) is 27.8. The van der Waals surface area contributed by atoms with Gasteiger partial charge in [0.25, 0.3) is 0 Å². The van der Waals surface area contributed by atoms with Gasteiger partial charge in [-0.25, -0.2) is 0 Å². The minimum absolute atomic E-state index is 0.249. The fraction of sp³-hybridized carbons (Fsp3) is 0.684. The Morgan fingerprint density at radius 2 is 1.81 bits per heavy atom. The summed E-state index contributed by atoms with van der Waals surface area (Å²) in [6.07, 6.45) is 2.86. The highest BCUT2D eigenvalue weighted by molar-refractivity contribution is 5.27. The Kier molecular flexibility index (Phi) is 4.11. The Morgan fingerprint density at radius 3 is 2.38 bits per heavy atom. The summed E-state index contributed by atoms with van der Waals surface area (Å²) in [5.74, 6) is 0.943. The number of hydrogen-bond acceptors (Lipinski definition) is 2. The van der Waals surface area contributed by atoms with Crippen LogP contribution >= 0.6 is 0 Å². The van der Waals surface area contributed by atoms with Gasteiger partial charge < -0.3 is 5.32 Å². The molecule has 0 spiro atoms. The standard InChI is InChI=1S/C19H30N2/c1-14-12-21(18(11-20-14)16-7-8-16)13-15-5-9-17(10-6-15)19(2,3)4/h5-6,9-10,14,16,18,20H,7-8,11-13H2,1-4H3. The van der Waals surface area contributed by atoms with Crippen LogP contribution in [0.25, 0.3) is 0 Å². The molecular formula is C19H30N2. The zero-order chi connectivity index (χ0) is 15.0. The molecule has 2 unspecified atom stereocenters. The van der Waals surface area contributed by atoms with Crippen LogP contribution in [-0.2, 0) is 12.0 Å². The molecule has 0 radical (unpaired) electrons. The van der Waals surface area contributed by atoms with Crippen molar-refractivity contribution >= 4 is 0 Å². The van der Waals surface area contributed by atoms with Crippen LogP contribution in [-0.4, -0.2) is 30.1 Å². The van der Waals surface area contributed by atoms with E-state index >= 15 is 0 Å². The Balaban J connectivity index is 1.69. The van der Waals surface area contributed by atoms with Crippen LogP contribution in [0, 0.1) is 5.92 Å². The van der Waals surface area contributed by atoms with Gasteiger partial charge in [-0.1, -0.05) is 45.0 Å². The van der Waals surface area contributed by atoms with Gasteiger partial charge >= 0.3 is 0 Å². The summed E-state index contributed by atoms with van der Waals surface area (Å²) in [5.41, 5.74) is 3.14. The predicted octanol–water partition coefficient (Wildman–Crippen LogP) is 3.56. The molecule has 2 fully saturated rings. The van der Waals surface area contributed by atoms with Crippen molar-refractivity contribution < 1.29 is 0 Å². The quantitative estimate of drug-likeness (QED) is 0.914. The molecule has 116 valence electrons. The number of piperazine rings is 1. The summed E-state index contributed by atoms with van der Waals surface area (Å²) in [6.45, 7) is 12.6. The van der Waals surface area contributed by atoms with Crippen molar-refractivity contribution in [3.05, 3.63) is 35.4 Å². The van der Waals surface area contributed by atoms with Gasteiger partial charge in [-0.3, -0.25) is 4.90 Å². The summed E-state index contributed by atoms with van der Waals surface area (Å²) in [6, 6.07) is 10.7. The fourth-order valence-corrected chi connectivity index (χ4v) is 3.48. The van der Waals surface area contributed by atoms with Crippen LogP contribution in [0.15, 0.2) is 24.3 Å². The SMILES string of the molecule is CC1CN(Cc2ccc(C(C)(C)C)cc2)C(C2CC2)CN1. The summed E-state index contributed by atoms with van der Waals surface area (Å²) >= 11 is 0. The van der Waals surface area contributed by atoms with E-state index in [0.717, 1.165) is 18.5 Å². The molecular weight excluding hydrogens is 256 g/mol. The van der Waals surface area contributed by atoms with Crippen LogP contribution in [0.3, 0.4) is 0 Å². The highest BCUT2D eigenvalue weighted by atomic mass is 15.2. The number of hydrogen-bond donors (Lipinski definition) is 1. The third kappa shape index (κ3) is 3.67. The maximum Gasteiger partial charge on any atom is 0.0253 e. The molecule has 1 saturated carbocycles. The predicted molar refractivity (Wildman–Crippen MR) is 89.5 cm³/mol. The van der Waals surface area contributed by atoms with E-state index in [1.807, 2.05) is 0 Å². The maximum atomic E-state index is 3.66. The lowest BCUT2D eigenvalue weighted by molar-refractivity contribution is 0.112. The van der Waals surface area contributed by atoms with Crippen LogP contribution in [0.1, 0.15) is 51.7 Å². The second-order valence-electron chi connectivity index (χ2n) is 8.09. The second-order valence-corrected chi connectivity index (χ2v) is 8.09. The Labute approximate surface area is 129 Å². The average molecular weight is 286 g/mol. The molecule has 2 nitrogen and oxygen atoms in total. The molecule has 3 rings (SSSR count). The van der Waals surface area contributed by atoms with Crippen molar-refractivity contribution in [2.24, 2.45) is 5.92 Å². The van der Waals surface area contributed by atoms with Gasteiger partial charge in [0.05, 0.1) is 0 Å². The minimum atomic E-state index is 0.249. The first kappa shape index (κ1) is 15.1. The van der Waals surface area contributed by atoms with Gasteiger partial charge in [-0.2, -0.15) is 0 Å². The lowest BCUT2D eigenvalue weighted by Gasteiger charge is -2.39. The lowest BCUT2D eigenvalue weighted by atomic mass is 9.86. The van der Waals surface area contributed by atoms with E-state index in [9.17, 15) is 0 Å². The van der Waals surface area contributed by atoms with Crippen LogP contribution in [0.2, 0.25) is 0 Å². The van der Waals surface area contributed by atoms with E-state index in [4.69, 9.17) is 0 Å². The maximum absolute atomic E-state index is 3.66. The summed E-state index contributed by atoms with van der Waals surface area (Å²) in [4.78, 5) is 2.71. The number of nitrogens with zero attached hydrogens (tertiary/aromatic N) is 1. The molecule has 1 aliphatic carbocycles. The number of rotatable bonds is 3. The topological polar surface area (TPSA) is 15.3 Å². The van der Waals surface area contributed by atoms with Crippen molar-refractivity contribution in [1.82, 2.24) is 10.2 Å². The highest BCUT2D eigenvalue weighted by Gasteiger charge is 2.37. The third-order valence-electron chi connectivity index (χ3n) is 5.02. The Bertz CT molecular complexity index is 467. The molecule has 2 atom stereocenters. The van der Waals surface area contributed by atoms with Crippen molar-refractivity contribution in [2.45, 2.75) is 64.6 Å². The van der Waals surface area contributed by atoms with Crippen LogP contribution in [0.4, 0.5) is 0 Å². The largest absolute Gasteiger partial charge is 0.311 e. The number of benzene rings is 1. The summed E-state index contributed by atoms with van der Waals surface area (Å²) < 4.78 is 0. The molecule has 0 bridgehead atoms. The molecule has 1 N–H and O–H groups in total. The highest BCUT2D eigenvalue weighted by Crippen LogP contribution is 2.36. The summed E-state index contributed by atoms with van der Waals surface area (Å²) in [5, 5.41) is 3.66. The average Bonchev–Trinajstić information content (AvgIpc) is 3.23. The first-order chi connectivity index (χ1) is 9.93. The second kappa shape index (κ2) is 5.73. The van der Waals surface area contributed by atoms with Crippen molar-refractivity contribution in [3.63, 3.8) is 0 Å². The number of nitrogens with one attached hydrogen (secondary N) is 1. The smallest absolute Gasteiger partial charge is 0.0253 e. The first-order valence-corrected chi connectivity index (χ1v) is 8.50. The molecule has 1 aromatic rings. The molecule has 2 heteroatoms.